The van der Waals surface area contributed by atoms with Crippen LogP contribution in [0.2, 0.25) is 0 Å². The fourth-order valence-electron chi connectivity index (χ4n) is 5.94. The Hall–Kier alpha value is -5.74. The fourth-order valence-corrected chi connectivity index (χ4v) is 5.94. The largest absolute Gasteiger partial charge is 0.452 e. The van der Waals surface area contributed by atoms with Gasteiger partial charge in [-0.1, -0.05) is 85.5 Å². The maximum Gasteiger partial charge on any atom is 0.178 e. The standard InChI is InChI=1S/C38H24N2O2/c1-2-3-12-32(39)34-14-8-13-33(40-34)27-18-17-24(25-9-4-5-10-26(25)27)23-16-21-36-31(22-23)30-20-19-29-28-11-6-7-15-35(28)41-37(29)38(30)42-36/h2-22,39H,1H2/b12-3-,39-32?. The molecule has 0 saturated heterocycles. The first-order valence-corrected chi connectivity index (χ1v) is 13.8. The van der Waals surface area contributed by atoms with Crippen molar-refractivity contribution in [2.24, 2.45) is 0 Å². The lowest BCUT2D eigenvalue weighted by Crippen LogP contribution is -1.99. The molecule has 0 aliphatic heterocycles. The second-order valence-corrected chi connectivity index (χ2v) is 10.4. The van der Waals surface area contributed by atoms with Crippen LogP contribution in [0, 0.1) is 5.41 Å². The monoisotopic (exact) mass is 540 g/mol. The van der Waals surface area contributed by atoms with Gasteiger partial charge in [0.25, 0.3) is 0 Å². The molecule has 3 heterocycles. The minimum Gasteiger partial charge on any atom is -0.452 e. The molecule has 4 heteroatoms. The van der Waals surface area contributed by atoms with E-state index in [0.29, 0.717) is 11.4 Å². The number of hydrogen-bond acceptors (Lipinski definition) is 4. The number of aromatic nitrogens is 1. The van der Waals surface area contributed by atoms with Crippen LogP contribution in [0.15, 0.2) is 143 Å². The summed E-state index contributed by atoms with van der Waals surface area (Å²) < 4.78 is 12.6. The predicted octanol–water partition coefficient (Wildman–Crippen LogP) is 10.5. The van der Waals surface area contributed by atoms with Crippen LogP contribution in [0.3, 0.4) is 0 Å². The first-order chi connectivity index (χ1) is 20.7. The van der Waals surface area contributed by atoms with Crippen molar-refractivity contribution in [3.8, 4) is 22.4 Å². The number of hydrogen-bond donors (Lipinski definition) is 1. The van der Waals surface area contributed by atoms with Crippen LogP contribution >= 0.6 is 0 Å². The smallest absolute Gasteiger partial charge is 0.178 e. The van der Waals surface area contributed by atoms with Crippen LogP contribution in [0.1, 0.15) is 5.69 Å². The van der Waals surface area contributed by atoms with Crippen molar-refractivity contribution in [2.75, 3.05) is 0 Å². The molecule has 42 heavy (non-hydrogen) atoms. The molecule has 4 nitrogen and oxygen atoms in total. The third-order valence-electron chi connectivity index (χ3n) is 7.92. The molecule has 0 radical (unpaired) electrons. The van der Waals surface area contributed by atoms with Gasteiger partial charge in [0.2, 0.25) is 0 Å². The number of para-hydroxylation sites is 1. The number of rotatable bonds is 5. The lowest BCUT2D eigenvalue weighted by Gasteiger charge is -2.12. The van der Waals surface area contributed by atoms with Gasteiger partial charge in [0.1, 0.15) is 11.2 Å². The molecule has 8 rings (SSSR count). The minimum absolute atomic E-state index is 0.346. The van der Waals surface area contributed by atoms with Crippen LogP contribution in [0.4, 0.5) is 0 Å². The van der Waals surface area contributed by atoms with Gasteiger partial charge in [-0.3, -0.25) is 5.41 Å². The van der Waals surface area contributed by atoms with E-state index in [1.54, 1.807) is 18.2 Å². The Morgan fingerprint density at radius 1 is 0.619 bits per heavy atom. The number of nitrogens with zero attached hydrogens (tertiary/aromatic N) is 1. The predicted molar refractivity (Wildman–Crippen MR) is 173 cm³/mol. The molecule has 1 N–H and O–H groups in total. The number of benzene rings is 5. The summed E-state index contributed by atoms with van der Waals surface area (Å²) in [5.74, 6) is 0. The highest BCUT2D eigenvalue weighted by Gasteiger charge is 2.17. The quantitative estimate of drug-likeness (QED) is 0.174. The van der Waals surface area contributed by atoms with Crippen molar-refractivity contribution < 1.29 is 8.83 Å². The van der Waals surface area contributed by atoms with Crippen LogP contribution in [-0.2, 0) is 0 Å². The molecule has 5 aromatic carbocycles. The number of nitrogens with one attached hydrogen (secondary N) is 1. The van der Waals surface area contributed by atoms with Crippen molar-refractivity contribution in [3.63, 3.8) is 0 Å². The van der Waals surface area contributed by atoms with Gasteiger partial charge in [0.05, 0.1) is 17.1 Å². The van der Waals surface area contributed by atoms with E-state index in [1.807, 2.05) is 36.4 Å². The molecule has 0 aliphatic rings. The zero-order chi connectivity index (χ0) is 28.2. The van der Waals surface area contributed by atoms with Gasteiger partial charge in [-0.15, -0.1) is 0 Å². The first-order valence-electron chi connectivity index (χ1n) is 13.8. The number of furan rings is 2. The van der Waals surface area contributed by atoms with Gasteiger partial charge in [0, 0.05) is 27.1 Å². The molecule has 0 spiro atoms. The Morgan fingerprint density at radius 2 is 1.29 bits per heavy atom. The Labute approximate surface area is 241 Å². The first kappa shape index (κ1) is 24.1. The highest BCUT2D eigenvalue weighted by Crippen LogP contribution is 2.41. The highest BCUT2D eigenvalue weighted by atomic mass is 16.4. The zero-order valence-corrected chi connectivity index (χ0v) is 22.6. The van der Waals surface area contributed by atoms with Crippen molar-refractivity contribution >= 4 is 60.4 Å². The van der Waals surface area contributed by atoms with E-state index >= 15 is 0 Å². The maximum atomic E-state index is 8.37. The van der Waals surface area contributed by atoms with Crippen molar-refractivity contribution in [1.82, 2.24) is 4.98 Å². The lowest BCUT2D eigenvalue weighted by atomic mass is 9.93. The Balaban J connectivity index is 1.28. The van der Waals surface area contributed by atoms with E-state index in [-0.39, 0.29) is 0 Å². The van der Waals surface area contributed by atoms with E-state index in [4.69, 9.17) is 19.2 Å². The van der Waals surface area contributed by atoms with E-state index in [2.05, 4.69) is 79.4 Å². The molecule has 0 aliphatic carbocycles. The summed E-state index contributed by atoms with van der Waals surface area (Å²) >= 11 is 0. The Bertz CT molecular complexity index is 2400. The summed E-state index contributed by atoms with van der Waals surface area (Å²) in [4.78, 5) is 4.83. The molecule has 0 saturated carbocycles. The summed E-state index contributed by atoms with van der Waals surface area (Å²) in [6.07, 6.45) is 5.11. The third-order valence-corrected chi connectivity index (χ3v) is 7.92. The van der Waals surface area contributed by atoms with E-state index < -0.39 is 0 Å². The van der Waals surface area contributed by atoms with Gasteiger partial charge >= 0.3 is 0 Å². The topological polar surface area (TPSA) is 63.0 Å². The molecule has 198 valence electrons. The summed E-state index contributed by atoms with van der Waals surface area (Å²) in [7, 11) is 0. The summed E-state index contributed by atoms with van der Waals surface area (Å²) in [6.45, 7) is 3.69. The molecular weight excluding hydrogens is 516 g/mol. The van der Waals surface area contributed by atoms with Gasteiger partial charge in [0.15, 0.2) is 11.2 Å². The molecule has 0 fully saturated rings. The summed E-state index contributed by atoms with van der Waals surface area (Å²) in [5.41, 5.74) is 8.31. The molecule has 0 unspecified atom stereocenters. The van der Waals surface area contributed by atoms with E-state index in [0.717, 1.165) is 77.0 Å². The lowest BCUT2D eigenvalue weighted by molar-refractivity contribution is 0.633. The maximum absolute atomic E-state index is 8.37. The number of fused-ring (bicyclic) bond motifs is 8. The molecule has 8 aromatic rings. The molecule has 0 amide bonds. The average molecular weight is 541 g/mol. The van der Waals surface area contributed by atoms with Gasteiger partial charge in [-0.2, -0.15) is 0 Å². The summed E-state index contributed by atoms with van der Waals surface area (Å²) in [6, 6.07) is 37.3. The zero-order valence-electron chi connectivity index (χ0n) is 22.6. The van der Waals surface area contributed by atoms with Crippen LogP contribution in [0.25, 0.3) is 77.0 Å². The number of allylic oxidation sites excluding steroid dienone is 3. The van der Waals surface area contributed by atoms with E-state index in [9.17, 15) is 0 Å². The Kier molecular flexibility index (Phi) is 5.41. The SMILES string of the molecule is C=C/C=C\C(=N)c1cccc(-c2ccc(-c3ccc4oc5c(ccc6c7ccccc7oc65)c4c3)c3ccccc23)n1. The van der Waals surface area contributed by atoms with Crippen LogP contribution < -0.4 is 0 Å². The Morgan fingerprint density at radius 3 is 2.07 bits per heavy atom. The molecule has 3 aromatic heterocycles. The average Bonchev–Trinajstić information content (AvgIpc) is 3.61. The number of pyridine rings is 1. The minimum atomic E-state index is 0.346. The van der Waals surface area contributed by atoms with Crippen LogP contribution in [-0.4, -0.2) is 10.7 Å². The summed E-state index contributed by atoms with van der Waals surface area (Å²) in [5, 5.41) is 14.9. The van der Waals surface area contributed by atoms with Crippen LogP contribution in [0.5, 0.6) is 0 Å². The highest BCUT2D eigenvalue weighted by molar-refractivity contribution is 6.19. The fraction of sp³-hybridized carbons (Fsp3) is 0. The third kappa shape index (κ3) is 3.70. The van der Waals surface area contributed by atoms with Gasteiger partial charge in [-0.25, -0.2) is 4.98 Å². The molecule has 0 atom stereocenters. The van der Waals surface area contributed by atoms with Crippen molar-refractivity contribution in [3.05, 3.63) is 140 Å². The van der Waals surface area contributed by atoms with Gasteiger partial charge < -0.3 is 8.83 Å². The van der Waals surface area contributed by atoms with E-state index in [1.165, 1.54) is 0 Å². The normalized spacial score (nSPS) is 11.9. The van der Waals surface area contributed by atoms with Gasteiger partial charge in [-0.05, 0) is 70.4 Å². The molecular formula is C38H24N2O2. The second kappa shape index (κ2) is 9.43. The van der Waals surface area contributed by atoms with Crippen molar-refractivity contribution in [1.29, 1.82) is 5.41 Å². The molecule has 0 bridgehead atoms. The van der Waals surface area contributed by atoms with Crippen molar-refractivity contribution in [2.45, 2.75) is 0 Å². The second-order valence-electron chi connectivity index (χ2n) is 10.4.